The number of hydrazine groups is 1. The lowest BCUT2D eigenvalue weighted by Gasteiger charge is -2.27. The molecule has 2 unspecified atom stereocenters. The molecule has 5 nitrogen and oxygen atoms in total. The molecule has 0 aromatic heterocycles. The second-order valence-corrected chi connectivity index (χ2v) is 4.32. The van der Waals surface area contributed by atoms with Crippen LogP contribution < -0.4 is 20.7 Å². The molecular formula is C14H24N2O3. The molecule has 3 N–H and O–H groups in total. The Morgan fingerprint density at radius 3 is 2.42 bits per heavy atom. The minimum atomic E-state index is -0.120. The van der Waals surface area contributed by atoms with Gasteiger partial charge in [-0.2, -0.15) is 0 Å². The van der Waals surface area contributed by atoms with Crippen molar-refractivity contribution in [1.29, 1.82) is 0 Å². The molecule has 5 heteroatoms. The van der Waals surface area contributed by atoms with E-state index in [9.17, 15) is 0 Å². The van der Waals surface area contributed by atoms with Crippen LogP contribution in [0.25, 0.3) is 0 Å². The Morgan fingerprint density at radius 2 is 1.95 bits per heavy atom. The standard InChI is InChI=1S/C14H24N2O3/c1-5-6-12(18-3)14(16-15)11-8-7-10(17-2)9-13(11)19-4/h7-9,12,14,16H,5-6,15H2,1-4H3. The van der Waals surface area contributed by atoms with E-state index < -0.39 is 0 Å². The third-order valence-electron chi connectivity index (χ3n) is 3.20. The Labute approximate surface area is 115 Å². The topological polar surface area (TPSA) is 65.7 Å². The molecule has 0 saturated heterocycles. The van der Waals surface area contributed by atoms with Gasteiger partial charge >= 0.3 is 0 Å². The second kappa shape index (κ2) is 7.99. The number of hydrogen-bond donors (Lipinski definition) is 2. The zero-order valence-electron chi connectivity index (χ0n) is 12.1. The zero-order chi connectivity index (χ0) is 14.3. The van der Waals surface area contributed by atoms with Gasteiger partial charge < -0.3 is 14.2 Å². The van der Waals surface area contributed by atoms with Crippen LogP contribution in [0.1, 0.15) is 31.4 Å². The Morgan fingerprint density at radius 1 is 1.21 bits per heavy atom. The first kappa shape index (κ1) is 15.8. The van der Waals surface area contributed by atoms with Gasteiger partial charge in [0.05, 0.1) is 26.4 Å². The maximum absolute atomic E-state index is 5.69. The predicted molar refractivity (Wildman–Crippen MR) is 75.3 cm³/mol. The molecule has 0 radical (unpaired) electrons. The highest BCUT2D eigenvalue weighted by molar-refractivity contribution is 5.43. The summed E-state index contributed by atoms with van der Waals surface area (Å²) in [6, 6.07) is 5.56. The van der Waals surface area contributed by atoms with Gasteiger partial charge in [0.2, 0.25) is 0 Å². The van der Waals surface area contributed by atoms with E-state index in [4.69, 9.17) is 20.1 Å². The summed E-state index contributed by atoms with van der Waals surface area (Å²) in [4.78, 5) is 0. The van der Waals surface area contributed by atoms with Crippen molar-refractivity contribution in [3.63, 3.8) is 0 Å². The van der Waals surface area contributed by atoms with E-state index in [0.717, 1.165) is 29.9 Å². The van der Waals surface area contributed by atoms with E-state index in [0.29, 0.717) is 0 Å². The average Bonchev–Trinajstić information content (AvgIpc) is 2.47. The molecular weight excluding hydrogens is 244 g/mol. The third kappa shape index (κ3) is 3.83. The van der Waals surface area contributed by atoms with Crippen LogP contribution in [0.4, 0.5) is 0 Å². The van der Waals surface area contributed by atoms with Gasteiger partial charge in [-0.25, -0.2) is 0 Å². The van der Waals surface area contributed by atoms with E-state index in [1.165, 1.54) is 0 Å². The highest BCUT2D eigenvalue weighted by Crippen LogP contribution is 2.32. The molecule has 0 aliphatic rings. The monoisotopic (exact) mass is 268 g/mol. The number of benzene rings is 1. The predicted octanol–water partition coefficient (Wildman–Crippen LogP) is 2.02. The van der Waals surface area contributed by atoms with Crippen LogP contribution in [0.15, 0.2) is 18.2 Å². The first-order valence-electron chi connectivity index (χ1n) is 6.42. The quantitative estimate of drug-likeness (QED) is 0.558. The number of ether oxygens (including phenoxy) is 3. The van der Waals surface area contributed by atoms with Crippen LogP contribution in [0.5, 0.6) is 11.5 Å². The van der Waals surface area contributed by atoms with Gasteiger partial charge in [-0.1, -0.05) is 13.3 Å². The van der Waals surface area contributed by atoms with Crippen molar-refractivity contribution in [2.45, 2.75) is 31.9 Å². The Kier molecular flexibility index (Phi) is 6.62. The van der Waals surface area contributed by atoms with Gasteiger partial charge in [-0.15, -0.1) is 0 Å². The Hall–Kier alpha value is -1.30. The zero-order valence-corrected chi connectivity index (χ0v) is 12.1. The van der Waals surface area contributed by atoms with E-state index >= 15 is 0 Å². The lowest BCUT2D eigenvalue weighted by molar-refractivity contribution is 0.0598. The number of methoxy groups -OCH3 is 3. The van der Waals surface area contributed by atoms with E-state index in [1.807, 2.05) is 18.2 Å². The van der Waals surface area contributed by atoms with Crippen molar-refractivity contribution in [2.75, 3.05) is 21.3 Å². The summed E-state index contributed by atoms with van der Waals surface area (Å²) in [7, 11) is 4.95. The SMILES string of the molecule is CCCC(OC)C(NN)c1ccc(OC)cc1OC. The van der Waals surface area contributed by atoms with E-state index in [1.54, 1.807) is 21.3 Å². The van der Waals surface area contributed by atoms with Crippen LogP contribution in [0.2, 0.25) is 0 Å². The molecule has 0 fully saturated rings. The fourth-order valence-electron chi connectivity index (χ4n) is 2.18. The summed E-state index contributed by atoms with van der Waals surface area (Å²) in [6.07, 6.45) is 1.94. The minimum Gasteiger partial charge on any atom is -0.497 e. The van der Waals surface area contributed by atoms with Gasteiger partial charge in [0, 0.05) is 18.7 Å². The molecule has 0 heterocycles. The van der Waals surface area contributed by atoms with Gasteiger partial charge in [-0.3, -0.25) is 11.3 Å². The number of nitrogens with one attached hydrogen (secondary N) is 1. The first-order valence-corrected chi connectivity index (χ1v) is 6.42. The smallest absolute Gasteiger partial charge is 0.127 e. The molecule has 0 amide bonds. The second-order valence-electron chi connectivity index (χ2n) is 4.32. The molecule has 0 spiro atoms. The van der Waals surface area contributed by atoms with Crippen molar-refractivity contribution in [1.82, 2.24) is 5.43 Å². The normalized spacial score (nSPS) is 13.9. The molecule has 2 atom stereocenters. The number of nitrogens with two attached hydrogens (primary N) is 1. The van der Waals surface area contributed by atoms with Crippen molar-refractivity contribution in [3.05, 3.63) is 23.8 Å². The molecule has 19 heavy (non-hydrogen) atoms. The van der Waals surface area contributed by atoms with Crippen LogP contribution >= 0.6 is 0 Å². The highest BCUT2D eigenvalue weighted by Gasteiger charge is 2.24. The molecule has 0 saturated carbocycles. The van der Waals surface area contributed by atoms with Crippen molar-refractivity contribution in [2.24, 2.45) is 5.84 Å². The fraction of sp³-hybridized carbons (Fsp3) is 0.571. The molecule has 0 aliphatic heterocycles. The molecule has 1 rings (SSSR count). The van der Waals surface area contributed by atoms with Gasteiger partial charge in [-0.05, 0) is 18.6 Å². The van der Waals surface area contributed by atoms with Crippen molar-refractivity contribution >= 4 is 0 Å². The summed E-state index contributed by atoms with van der Waals surface area (Å²) >= 11 is 0. The van der Waals surface area contributed by atoms with Gasteiger partial charge in [0.15, 0.2) is 0 Å². The van der Waals surface area contributed by atoms with E-state index in [-0.39, 0.29) is 12.1 Å². The Balaban J connectivity index is 3.09. The summed E-state index contributed by atoms with van der Waals surface area (Å²) in [5.41, 5.74) is 3.78. The third-order valence-corrected chi connectivity index (χ3v) is 3.20. The average molecular weight is 268 g/mol. The fourth-order valence-corrected chi connectivity index (χ4v) is 2.18. The summed E-state index contributed by atoms with van der Waals surface area (Å²) in [5, 5.41) is 0. The first-order chi connectivity index (χ1) is 9.21. The van der Waals surface area contributed by atoms with Crippen LogP contribution in [-0.4, -0.2) is 27.4 Å². The van der Waals surface area contributed by atoms with Gasteiger partial charge in [0.25, 0.3) is 0 Å². The summed E-state index contributed by atoms with van der Waals surface area (Å²) in [6.45, 7) is 2.12. The van der Waals surface area contributed by atoms with E-state index in [2.05, 4.69) is 12.3 Å². The highest BCUT2D eigenvalue weighted by atomic mass is 16.5. The number of rotatable bonds is 8. The largest absolute Gasteiger partial charge is 0.497 e. The molecule has 108 valence electrons. The van der Waals surface area contributed by atoms with Crippen molar-refractivity contribution < 1.29 is 14.2 Å². The molecule has 0 bridgehead atoms. The summed E-state index contributed by atoms with van der Waals surface area (Å²) in [5.74, 6) is 7.18. The maximum atomic E-state index is 5.69. The van der Waals surface area contributed by atoms with Gasteiger partial charge in [0.1, 0.15) is 11.5 Å². The maximum Gasteiger partial charge on any atom is 0.127 e. The summed E-state index contributed by atoms with van der Waals surface area (Å²) < 4.78 is 16.1. The molecule has 0 aliphatic carbocycles. The number of hydrogen-bond acceptors (Lipinski definition) is 5. The lowest BCUT2D eigenvalue weighted by Crippen LogP contribution is -2.37. The van der Waals surface area contributed by atoms with Crippen molar-refractivity contribution in [3.8, 4) is 11.5 Å². The van der Waals surface area contributed by atoms with Crippen LogP contribution in [0.3, 0.4) is 0 Å². The molecule has 1 aromatic rings. The lowest BCUT2D eigenvalue weighted by atomic mass is 9.97. The van der Waals surface area contributed by atoms with Crippen LogP contribution in [0, 0.1) is 0 Å². The Bertz CT molecular complexity index is 385. The molecule has 1 aromatic carbocycles. The minimum absolute atomic E-state index is 0.00250. The van der Waals surface area contributed by atoms with Crippen LogP contribution in [-0.2, 0) is 4.74 Å².